The zero-order valence-corrected chi connectivity index (χ0v) is 25.2. The molecule has 0 aromatic heterocycles. The van der Waals surface area contributed by atoms with E-state index in [-0.39, 0.29) is 32.5 Å². The minimum Gasteiger partial charge on any atom is -0.444 e. The number of carbonyl (C=O) groups is 4. The third-order valence-electron chi connectivity index (χ3n) is 9.34. The number of nitrogens with zero attached hydrogens (tertiary/aromatic N) is 2. The zero-order chi connectivity index (χ0) is 31.2. The number of ether oxygens (including phenoxy) is 1. The molecule has 2 aliphatic carbocycles. The predicted octanol–water partition coefficient (Wildman–Crippen LogP) is 1.58. The lowest BCUT2D eigenvalue weighted by atomic mass is 10.1. The Balaban J connectivity index is 1.20. The van der Waals surface area contributed by atoms with Crippen LogP contribution in [0.15, 0.2) is 30.4 Å². The first-order valence-electron chi connectivity index (χ1n) is 15.3. The molecule has 1 aromatic rings. The number of rotatable bonds is 4. The monoisotopic (exact) mass is 631 g/mol. The SMILES string of the molecule is N[C@H]1CCCCC/C=C/[C@@H]2C[C@@]2(C(=O)NS(=O)(=O)C2CC2)NC(=O)[C@@H]2C[C@@H](OC(=O)N3Cc4cccc(F)c4C3)CN2C1=O. The third-order valence-corrected chi connectivity index (χ3v) is 11.2. The van der Waals surface area contributed by atoms with Crippen molar-refractivity contribution in [3.63, 3.8) is 0 Å². The van der Waals surface area contributed by atoms with Gasteiger partial charge < -0.3 is 20.7 Å². The number of sulfonamides is 1. The lowest BCUT2D eigenvalue weighted by Gasteiger charge is -2.28. The van der Waals surface area contributed by atoms with Crippen molar-refractivity contribution in [2.75, 3.05) is 6.54 Å². The molecular formula is C30H38FN5O7S. The average molecular weight is 632 g/mol. The maximum Gasteiger partial charge on any atom is 0.410 e. The van der Waals surface area contributed by atoms with Crippen LogP contribution in [0.1, 0.15) is 68.9 Å². The molecule has 6 rings (SSSR count). The number of allylic oxidation sites excluding steroid dienone is 1. The molecule has 3 heterocycles. The fourth-order valence-electron chi connectivity index (χ4n) is 6.47. The van der Waals surface area contributed by atoms with Gasteiger partial charge in [0, 0.05) is 24.4 Å². The van der Waals surface area contributed by atoms with Gasteiger partial charge in [0.1, 0.15) is 23.5 Å². The van der Waals surface area contributed by atoms with Crippen LogP contribution in [0.4, 0.5) is 9.18 Å². The van der Waals surface area contributed by atoms with Crippen LogP contribution in [-0.2, 0) is 42.2 Å². The molecule has 3 fully saturated rings. The quantitative estimate of drug-likeness (QED) is 0.421. The Hall–Kier alpha value is -3.52. The Labute approximate surface area is 255 Å². The van der Waals surface area contributed by atoms with Crippen LogP contribution in [-0.4, -0.2) is 77.6 Å². The van der Waals surface area contributed by atoms with Gasteiger partial charge in [-0.15, -0.1) is 0 Å². The third kappa shape index (κ3) is 6.06. The van der Waals surface area contributed by atoms with E-state index in [0.717, 1.165) is 19.3 Å². The van der Waals surface area contributed by atoms with Gasteiger partial charge in [0.25, 0.3) is 5.91 Å². The van der Waals surface area contributed by atoms with Crippen LogP contribution in [0.5, 0.6) is 0 Å². The van der Waals surface area contributed by atoms with Crippen molar-refractivity contribution < 1.29 is 36.7 Å². The van der Waals surface area contributed by atoms with Gasteiger partial charge in [0.2, 0.25) is 21.8 Å². The summed E-state index contributed by atoms with van der Waals surface area (Å²) in [5, 5.41) is 2.16. The van der Waals surface area contributed by atoms with Gasteiger partial charge in [0.05, 0.1) is 24.4 Å². The predicted molar refractivity (Wildman–Crippen MR) is 155 cm³/mol. The van der Waals surface area contributed by atoms with Gasteiger partial charge in [-0.2, -0.15) is 0 Å². The van der Waals surface area contributed by atoms with Crippen molar-refractivity contribution in [2.45, 2.75) is 99.9 Å². The molecule has 2 saturated carbocycles. The van der Waals surface area contributed by atoms with Crippen LogP contribution in [0.3, 0.4) is 0 Å². The molecule has 12 nitrogen and oxygen atoms in total. The van der Waals surface area contributed by atoms with Gasteiger partial charge in [-0.25, -0.2) is 17.6 Å². The standard InChI is InChI=1S/C30H38FN5O7S/c31-23-9-6-7-18-15-35(17-22(18)23)29(40)43-20-13-25-26(37)33-30(28(39)34-44(41,42)21-11-12-21)14-19(30)8-4-2-1-3-5-10-24(32)27(38)36(25)16-20/h4,6-9,19-21,24-25H,1-3,5,10-17,32H2,(H,33,37)(H,34,39)/b8-4+/t19-,20-,24+,25+,30-/m1/s1. The van der Waals surface area contributed by atoms with Gasteiger partial charge in [0.15, 0.2) is 0 Å². The van der Waals surface area contributed by atoms with E-state index in [0.29, 0.717) is 36.8 Å². The van der Waals surface area contributed by atoms with Crippen molar-refractivity contribution >= 4 is 33.8 Å². The van der Waals surface area contributed by atoms with Gasteiger partial charge in [-0.05, 0) is 50.2 Å². The van der Waals surface area contributed by atoms with Crippen LogP contribution in [0.2, 0.25) is 0 Å². The van der Waals surface area contributed by atoms with E-state index in [1.54, 1.807) is 12.1 Å². The lowest BCUT2D eigenvalue weighted by molar-refractivity contribution is -0.140. The molecule has 0 spiro atoms. The number of halogens is 1. The Bertz CT molecular complexity index is 1500. The minimum absolute atomic E-state index is 0.0379. The van der Waals surface area contributed by atoms with Crippen molar-refractivity contribution in [3.05, 3.63) is 47.3 Å². The van der Waals surface area contributed by atoms with Gasteiger partial charge >= 0.3 is 6.09 Å². The summed E-state index contributed by atoms with van der Waals surface area (Å²) >= 11 is 0. The molecule has 5 aliphatic rings. The van der Waals surface area contributed by atoms with Crippen molar-refractivity contribution in [3.8, 4) is 0 Å². The molecule has 1 aromatic carbocycles. The Morgan fingerprint density at radius 2 is 1.91 bits per heavy atom. The summed E-state index contributed by atoms with van der Waals surface area (Å²) in [7, 11) is -3.86. The number of benzene rings is 1. The summed E-state index contributed by atoms with van der Waals surface area (Å²) in [6.07, 6.45) is 6.91. The first kappa shape index (κ1) is 30.5. The van der Waals surface area contributed by atoms with E-state index in [1.807, 2.05) is 12.2 Å². The van der Waals surface area contributed by atoms with Crippen molar-refractivity contribution in [2.24, 2.45) is 11.7 Å². The van der Waals surface area contributed by atoms with Crippen LogP contribution in [0.25, 0.3) is 0 Å². The van der Waals surface area contributed by atoms with E-state index >= 15 is 0 Å². The number of fused-ring (bicyclic) bond motifs is 3. The average Bonchev–Trinajstić information content (AvgIpc) is 3.86. The largest absolute Gasteiger partial charge is 0.444 e. The van der Waals surface area contributed by atoms with Crippen LogP contribution in [0, 0.1) is 11.7 Å². The van der Waals surface area contributed by atoms with E-state index < -0.39 is 74.5 Å². The van der Waals surface area contributed by atoms with E-state index in [1.165, 1.54) is 15.9 Å². The summed E-state index contributed by atoms with van der Waals surface area (Å²) in [6.45, 7) is 0.137. The molecule has 5 atom stereocenters. The molecule has 238 valence electrons. The summed E-state index contributed by atoms with van der Waals surface area (Å²) in [6, 6.07) is 2.68. The fourth-order valence-corrected chi connectivity index (χ4v) is 7.83. The molecule has 3 aliphatic heterocycles. The number of hydrogen-bond acceptors (Lipinski definition) is 8. The first-order valence-corrected chi connectivity index (χ1v) is 16.9. The lowest BCUT2D eigenvalue weighted by Crippen LogP contribution is -2.57. The molecule has 0 radical (unpaired) electrons. The summed E-state index contributed by atoms with van der Waals surface area (Å²) in [5.41, 5.74) is 5.89. The van der Waals surface area contributed by atoms with Gasteiger partial charge in [-0.1, -0.05) is 37.1 Å². The number of carbonyl (C=O) groups excluding carboxylic acids is 4. The second-order valence-electron chi connectivity index (χ2n) is 12.6. The Morgan fingerprint density at radius 1 is 1.11 bits per heavy atom. The molecular weight excluding hydrogens is 593 g/mol. The zero-order valence-electron chi connectivity index (χ0n) is 24.4. The number of amides is 4. The highest BCUT2D eigenvalue weighted by Crippen LogP contribution is 2.46. The molecule has 4 amide bonds. The Kier molecular flexibility index (Phi) is 8.16. The second-order valence-corrected chi connectivity index (χ2v) is 14.6. The summed E-state index contributed by atoms with van der Waals surface area (Å²) in [4.78, 5) is 56.5. The molecule has 1 saturated heterocycles. The topological polar surface area (TPSA) is 168 Å². The normalized spacial score (nSPS) is 31.5. The second kappa shape index (κ2) is 11.8. The van der Waals surface area contributed by atoms with Crippen LogP contribution < -0.4 is 15.8 Å². The highest BCUT2D eigenvalue weighted by molar-refractivity contribution is 7.91. The molecule has 44 heavy (non-hydrogen) atoms. The maximum absolute atomic E-state index is 14.2. The van der Waals surface area contributed by atoms with E-state index in [4.69, 9.17) is 10.5 Å². The first-order chi connectivity index (χ1) is 21.0. The summed E-state index contributed by atoms with van der Waals surface area (Å²) in [5.74, 6) is -2.73. The number of nitrogens with one attached hydrogen (secondary N) is 2. The molecule has 0 unspecified atom stereocenters. The van der Waals surface area contributed by atoms with Crippen molar-refractivity contribution in [1.82, 2.24) is 19.8 Å². The van der Waals surface area contributed by atoms with Crippen LogP contribution >= 0.6 is 0 Å². The molecule has 0 bridgehead atoms. The maximum atomic E-state index is 14.2. The fraction of sp³-hybridized carbons (Fsp3) is 0.600. The molecule has 4 N–H and O–H groups in total. The van der Waals surface area contributed by atoms with Crippen molar-refractivity contribution in [1.29, 1.82) is 0 Å². The van der Waals surface area contributed by atoms with E-state index in [2.05, 4.69) is 10.0 Å². The Morgan fingerprint density at radius 3 is 2.66 bits per heavy atom. The minimum atomic E-state index is -3.86. The highest BCUT2D eigenvalue weighted by atomic mass is 32.2. The molecule has 14 heteroatoms. The highest BCUT2D eigenvalue weighted by Gasteiger charge is 2.62. The number of hydrogen-bond donors (Lipinski definition) is 3. The number of nitrogens with two attached hydrogens (primary N) is 1. The smallest absolute Gasteiger partial charge is 0.410 e. The summed E-state index contributed by atoms with van der Waals surface area (Å²) < 4.78 is 47.3. The van der Waals surface area contributed by atoms with E-state index in [9.17, 15) is 32.0 Å². The van der Waals surface area contributed by atoms with Gasteiger partial charge in [-0.3, -0.25) is 24.0 Å².